The van der Waals surface area contributed by atoms with E-state index in [4.69, 9.17) is 18.9 Å². The van der Waals surface area contributed by atoms with Crippen molar-refractivity contribution in [3.05, 3.63) is 77.9 Å². The molecular weight excluding hydrogens is 434 g/mol. The molecule has 0 aliphatic carbocycles. The van der Waals surface area contributed by atoms with Gasteiger partial charge in [0.15, 0.2) is 23.0 Å². The van der Waals surface area contributed by atoms with E-state index in [0.717, 1.165) is 45.3 Å². The van der Waals surface area contributed by atoms with E-state index in [-0.39, 0.29) is 12.7 Å². The van der Waals surface area contributed by atoms with Crippen molar-refractivity contribution in [3.63, 3.8) is 0 Å². The number of aromatic nitrogens is 2. The fraction of sp³-hybridized carbons (Fsp3) is 0.154. The number of amides is 1. The first kappa shape index (κ1) is 20.2. The van der Waals surface area contributed by atoms with E-state index in [1.807, 2.05) is 54.6 Å². The summed E-state index contributed by atoms with van der Waals surface area (Å²) in [6.45, 7) is 1.68. The van der Waals surface area contributed by atoms with Gasteiger partial charge in [-0.2, -0.15) is 5.10 Å². The van der Waals surface area contributed by atoms with Crippen LogP contribution in [0.3, 0.4) is 0 Å². The fourth-order valence-corrected chi connectivity index (χ4v) is 4.02. The van der Waals surface area contributed by atoms with E-state index in [0.29, 0.717) is 31.1 Å². The Morgan fingerprint density at radius 3 is 2.65 bits per heavy atom. The third-order valence-corrected chi connectivity index (χ3v) is 5.77. The number of carbonyl (C=O) groups excluding carboxylic acids is 1. The maximum absolute atomic E-state index is 12.6. The smallest absolute Gasteiger partial charge is 0.251 e. The Morgan fingerprint density at radius 2 is 1.74 bits per heavy atom. The van der Waals surface area contributed by atoms with Gasteiger partial charge in [-0.15, -0.1) is 0 Å². The molecule has 0 bridgehead atoms. The molecule has 1 amide bonds. The summed E-state index contributed by atoms with van der Waals surface area (Å²) in [5.74, 6) is 2.72. The van der Waals surface area contributed by atoms with Gasteiger partial charge in [0.25, 0.3) is 5.91 Å². The van der Waals surface area contributed by atoms with Crippen LogP contribution in [0.2, 0.25) is 0 Å². The SMILES string of the molecule is O=C(NCc1ccc2c(c1)OCO2)c1ccc(-c2cc(-c3cccc4c3OCCO4)[nH]n2)cc1. The van der Waals surface area contributed by atoms with E-state index in [1.54, 1.807) is 12.1 Å². The molecule has 0 saturated heterocycles. The number of H-pyrrole nitrogens is 1. The van der Waals surface area contributed by atoms with Gasteiger partial charge in [0.2, 0.25) is 6.79 Å². The first-order valence-corrected chi connectivity index (χ1v) is 11.0. The van der Waals surface area contributed by atoms with Gasteiger partial charge >= 0.3 is 0 Å². The molecule has 2 aliphatic heterocycles. The molecule has 2 N–H and O–H groups in total. The van der Waals surface area contributed by atoms with Gasteiger partial charge < -0.3 is 24.3 Å². The Balaban J connectivity index is 1.14. The molecule has 170 valence electrons. The van der Waals surface area contributed by atoms with E-state index in [2.05, 4.69) is 15.5 Å². The molecule has 8 heteroatoms. The Kier molecular flexibility index (Phi) is 5.03. The molecule has 2 aliphatic rings. The van der Waals surface area contributed by atoms with Crippen molar-refractivity contribution in [2.24, 2.45) is 0 Å². The van der Waals surface area contributed by atoms with Crippen LogP contribution in [-0.4, -0.2) is 36.1 Å². The largest absolute Gasteiger partial charge is 0.486 e. The van der Waals surface area contributed by atoms with Crippen molar-refractivity contribution in [3.8, 4) is 45.5 Å². The molecule has 3 heterocycles. The zero-order chi connectivity index (χ0) is 22.9. The van der Waals surface area contributed by atoms with Crippen LogP contribution in [0.4, 0.5) is 0 Å². The van der Waals surface area contributed by atoms with Crippen LogP contribution >= 0.6 is 0 Å². The van der Waals surface area contributed by atoms with Gasteiger partial charge in [-0.1, -0.05) is 24.3 Å². The Bertz CT molecular complexity index is 1360. The highest BCUT2D eigenvalue weighted by Crippen LogP contribution is 2.40. The predicted octanol–water partition coefficient (Wildman–Crippen LogP) is 4.17. The van der Waals surface area contributed by atoms with Crippen LogP contribution in [0.15, 0.2) is 66.7 Å². The average molecular weight is 455 g/mol. The van der Waals surface area contributed by atoms with Crippen molar-refractivity contribution in [2.75, 3.05) is 20.0 Å². The van der Waals surface area contributed by atoms with E-state index < -0.39 is 0 Å². The minimum atomic E-state index is -0.153. The number of hydrogen-bond acceptors (Lipinski definition) is 6. The van der Waals surface area contributed by atoms with E-state index in [9.17, 15) is 4.79 Å². The number of fused-ring (bicyclic) bond motifs is 2. The summed E-state index contributed by atoms with van der Waals surface area (Å²) in [5.41, 5.74) is 4.92. The molecule has 0 spiro atoms. The number of rotatable bonds is 5. The Labute approximate surface area is 195 Å². The van der Waals surface area contributed by atoms with Crippen LogP contribution in [0.25, 0.3) is 22.5 Å². The fourth-order valence-electron chi connectivity index (χ4n) is 4.02. The van der Waals surface area contributed by atoms with E-state index in [1.165, 1.54) is 0 Å². The number of aromatic amines is 1. The molecule has 6 rings (SSSR count). The topological polar surface area (TPSA) is 94.7 Å². The summed E-state index contributed by atoms with van der Waals surface area (Å²) in [6, 6.07) is 20.7. The van der Waals surface area contributed by atoms with Gasteiger partial charge in [0.1, 0.15) is 13.2 Å². The standard InChI is InChI=1S/C26H21N3O5/c30-26(27-14-16-4-9-22-24(12-16)34-15-33-22)18-7-5-17(6-8-18)20-13-21(29-28-20)19-2-1-3-23-25(19)32-11-10-31-23/h1-9,12-13H,10-11,14-15H2,(H,27,30)(H,28,29). The van der Waals surface area contributed by atoms with Crippen LogP contribution in [-0.2, 0) is 6.54 Å². The zero-order valence-electron chi connectivity index (χ0n) is 18.2. The van der Waals surface area contributed by atoms with Crippen molar-refractivity contribution >= 4 is 5.91 Å². The maximum Gasteiger partial charge on any atom is 0.251 e. The quantitative estimate of drug-likeness (QED) is 0.469. The first-order chi connectivity index (χ1) is 16.7. The lowest BCUT2D eigenvalue weighted by Crippen LogP contribution is -2.22. The molecule has 34 heavy (non-hydrogen) atoms. The van der Waals surface area contributed by atoms with Gasteiger partial charge in [0.05, 0.1) is 11.4 Å². The molecule has 1 aromatic heterocycles. The second-order valence-corrected chi connectivity index (χ2v) is 7.94. The first-order valence-electron chi connectivity index (χ1n) is 11.0. The minimum absolute atomic E-state index is 0.153. The summed E-state index contributed by atoms with van der Waals surface area (Å²) in [6.07, 6.45) is 0. The second-order valence-electron chi connectivity index (χ2n) is 7.94. The highest BCUT2D eigenvalue weighted by molar-refractivity contribution is 5.94. The van der Waals surface area contributed by atoms with Crippen molar-refractivity contribution in [1.29, 1.82) is 0 Å². The highest BCUT2D eigenvalue weighted by atomic mass is 16.7. The third-order valence-electron chi connectivity index (χ3n) is 5.77. The van der Waals surface area contributed by atoms with Gasteiger partial charge in [-0.05, 0) is 48.0 Å². The maximum atomic E-state index is 12.6. The van der Waals surface area contributed by atoms with Crippen LogP contribution in [0.5, 0.6) is 23.0 Å². The lowest BCUT2D eigenvalue weighted by atomic mass is 10.1. The van der Waals surface area contributed by atoms with Gasteiger partial charge in [-0.25, -0.2) is 0 Å². The Morgan fingerprint density at radius 1 is 0.882 bits per heavy atom. The number of para-hydroxylation sites is 1. The lowest BCUT2D eigenvalue weighted by Gasteiger charge is -2.20. The minimum Gasteiger partial charge on any atom is -0.486 e. The van der Waals surface area contributed by atoms with Crippen molar-refractivity contribution in [2.45, 2.75) is 6.54 Å². The van der Waals surface area contributed by atoms with Crippen molar-refractivity contribution in [1.82, 2.24) is 15.5 Å². The zero-order valence-corrected chi connectivity index (χ0v) is 18.2. The summed E-state index contributed by atoms with van der Waals surface area (Å²) in [7, 11) is 0. The van der Waals surface area contributed by atoms with E-state index >= 15 is 0 Å². The second kappa shape index (κ2) is 8.47. The lowest BCUT2D eigenvalue weighted by molar-refractivity contribution is 0.0951. The molecule has 0 atom stereocenters. The number of benzene rings is 3. The molecular formula is C26H21N3O5. The van der Waals surface area contributed by atoms with Crippen LogP contribution < -0.4 is 24.3 Å². The average Bonchev–Trinajstić information content (AvgIpc) is 3.57. The van der Waals surface area contributed by atoms with Gasteiger partial charge in [-0.3, -0.25) is 9.89 Å². The molecule has 0 unspecified atom stereocenters. The van der Waals surface area contributed by atoms with Crippen molar-refractivity contribution < 1.29 is 23.7 Å². The number of nitrogens with zero attached hydrogens (tertiary/aromatic N) is 1. The molecule has 0 fully saturated rings. The van der Waals surface area contributed by atoms with Crippen LogP contribution in [0, 0.1) is 0 Å². The van der Waals surface area contributed by atoms with Gasteiger partial charge in [0, 0.05) is 23.2 Å². The van der Waals surface area contributed by atoms with Crippen LogP contribution in [0.1, 0.15) is 15.9 Å². The molecule has 8 nitrogen and oxygen atoms in total. The number of ether oxygens (including phenoxy) is 4. The molecule has 0 saturated carbocycles. The Hall–Kier alpha value is -4.46. The molecule has 3 aromatic carbocycles. The summed E-state index contributed by atoms with van der Waals surface area (Å²) >= 11 is 0. The molecule has 4 aromatic rings. The number of hydrogen-bond donors (Lipinski definition) is 2. The normalized spacial score (nSPS) is 13.5. The summed E-state index contributed by atoms with van der Waals surface area (Å²) in [4.78, 5) is 12.6. The summed E-state index contributed by atoms with van der Waals surface area (Å²) < 4.78 is 22.2. The number of carbonyl (C=O) groups is 1. The highest BCUT2D eigenvalue weighted by Gasteiger charge is 2.19. The third kappa shape index (κ3) is 3.79. The number of nitrogens with one attached hydrogen (secondary N) is 2. The summed E-state index contributed by atoms with van der Waals surface area (Å²) in [5, 5.41) is 10.5. The predicted molar refractivity (Wildman–Crippen MR) is 124 cm³/mol. The monoisotopic (exact) mass is 455 g/mol. The molecule has 0 radical (unpaired) electrons.